The molecular formula is C28H27FN3OP. The maximum absolute atomic E-state index is 13.9. The van der Waals surface area contributed by atoms with Gasteiger partial charge < -0.3 is 9.30 Å². The Morgan fingerprint density at radius 1 is 1.00 bits per heavy atom. The summed E-state index contributed by atoms with van der Waals surface area (Å²) in [5.41, 5.74) is 6.87. The normalized spacial score (nSPS) is 15.1. The van der Waals surface area contributed by atoms with Crippen LogP contribution in [-0.2, 0) is 4.74 Å². The van der Waals surface area contributed by atoms with Crippen LogP contribution >= 0.6 is 7.92 Å². The van der Waals surface area contributed by atoms with Gasteiger partial charge in [0.15, 0.2) is 0 Å². The minimum absolute atomic E-state index is 0.153. The Balaban J connectivity index is 1.70. The number of hydrogen-bond donors (Lipinski definition) is 1. The lowest BCUT2D eigenvalue weighted by Gasteiger charge is -2.26. The van der Waals surface area contributed by atoms with Crippen LogP contribution in [0.3, 0.4) is 0 Å². The topological polar surface area (TPSA) is 42.8 Å². The van der Waals surface area contributed by atoms with Gasteiger partial charge in [0.2, 0.25) is 0 Å². The highest BCUT2D eigenvalue weighted by molar-refractivity contribution is 7.64. The molecule has 5 aromatic rings. The lowest BCUT2D eigenvalue weighted by Crippen LogP contribution is -2.17. The summed E-state index contributed by atoms with van der Waals surface area (Å²) in [6, 6.07) is 20.3. The molecule has 0 atom stereocenters. The zero-order valence-corrected chi connectivity index (χ0v) is 20.3. The number of H-pyrrole nitrogens is 1. The molecule has 2 aromatic heterocycles. The van der Waals surface area contributed by atoms with Gasteiger partial charge in [-0.05, 0) is 73.4 Å². The molecule has 172 valence electrons. The Bertz CT molecular complexity index is 1460. The number of benzene rings is 3. The Labute approximate surface area is 199 Å². The summed E-state index contributed by atoms with van der Waals surface area (Å²) in [6.45, 7) is 6.09. The summed E-state index contributed by atoms with van der Waals surface area (Å²) < 4.78 is 21.9. The van der Waals surface area contributed by atoms with E-state index in [0.29, 0.717) is 5.92 Å². The van der Waals surface area contributed by atoms with Crippen LogP contribution in [0.1, 0.15) is 24.5 Å². The summed E-state index contributed by atoms with van der Waals surface area (Å²) in [7, 11) is -0.153. The Hall–Kier alpha value is -3.01. The van der Waals surface area contributed by atoms with E-state index in [2.05, 4.69) is 64.5 Å². The van der Waals surface area contributed by atoms with Gasteiger partial charge >= 0.3 is 0 Å². The molecule has 1 aliphatic rings. The monoisotopic (exact) mass is 471 g/mol. The minimum atomic E-state index is -0.225. The van der Waals surface area contributed by atoms with Crippen LogP contribution < -0.4 is 5.30 Å². The fourth-order valence-electron chi connectivity index (χ4n) is 5.20. The molecule has 0 amide bonds. The quantitative estimate of drug-likeness (QED) is 0.301. The molecule has 1 fully saturated rings. The van der Waals surface area contributed by atoms with E-state index >= 15 is 0 Å². The summed E-state index contributed by atoms with van der Waals surface area (Å²) in [4.78, 5) is 0. The number of nitrogens with one attached hydrogen (secondary N) is 1. The molecule has 0 aliphatic carbocycles. The lowest BCUT2D eigenvalue weighted by molar-refractivity contribution is 0.0844. The van der Waals surface area contributed by atoms with Crippen LogP contribution in [0.25, 0.3) is 38.6 Å². The highest BCUT2D eigenvalue weighted by Crippen LogP contribution is 2.44. The van der Waals surface area contributed by atoms with Crippen LogP contribution in [0, 0.1) is 5.82 Å². The van der Waals surface area contributed by atoms with Crippen molar-refractivity contribution in [2.24, 2.45) is 0 Å². The number of hydrogen-bond acceptors (Lipinski definition) is 2. The molecule has 0 unspecified atom stereocenters. The second-order valence-electron chi connectivity index (χ2n) is 9.23. The number of aromatic amines is 1. The summed E-state index contributed by atoms with van der Waals surface area (Å²) in [5, 5.41) is 11.1. The zero-order valence-electron chi connectivity index (χ0n) is 19.4. The first-order chi connectivity index (χ1) is 16.6. The van der Waals surface area contributed by atoms with Gasteiger partial charge in [0, 0.05) is 46.8 Å². The molecule has 1 aliphatic heterocycles. The minimum Gasteiger partial charge on any atom is -0.381 e. The molecule has 0 radical (unpaired) electrons. The smallest absolute Gasteiger partial charge is 0.123 e. The molecule has 6 rings (SSSR count). The summed E-state index contributed by atoms with van der Waals surface area (Å²) >= 11 is 0. The van der Waals surface area contributed by atoms with Gasteiger partial charge in [-0.3, -0.25) is 5.10 Å². The van der Waals surface area contributed by atoms with Crippen molar-refractivity contribution in [3.63, 3.8) is 0 Å². The van der Waals surface area contributed by atoms with E-state index in [9.17, 15) is 4.39 Å². The van der Waals surface area contributed by atoms with Gasteiger partial charge in [-0.2, -0.15) is 5.10 Å². The largest absolute Gasteiger partial charge is 0.381 e. The van der Waals surface area contributed by atoms with Crippen molar-refractivity contribution in [1.82, 2.24) is 14.8 Å². The number of rotatable bonds is 4. The maximum atomic E-state index is 13.9. The summed E-state index contributed by atoms with van der Waals surface area (Å²) in [5.74, 6) is 0.128. The van der Waals surface area contributed by atoms with E-state index in [-0.39, 0.29) is 13.7 Å². The average molecular weight is 472 g/mol. The fourth-order valence-corrected chi connectivity index (χ4v) is 5.95. The van der Waals surface area contributed by atoms with Crippen molar-refractivity contribution >= 4 is 35.0 Å². The van der Waals surface area contributed by atoms with Crippen molar-refractivity contribution in [2.75, 3.05) is 26.5 Å². The Kier molecular flexibility index (Phi) is 5.47. The van der Waals surface area contributed by atoms with Crippen LogP contribution in [0.5, 0.6) is 0 Å². The Morgan fingerprint density at radius 2 is 1.74 bits per heavy atom. The predicted octanol–water partition coefficient (Wildman–Crippen LogP) is 6.57. The second kappa shape index (κ2) is 8.65. The van der Waals surface area contributed by atoms with Gasteiger partial charge in [-0.15, -0.1) is 0 Å². The SMILES string of the molecule is CP(C)c1ccc(-c2c(C3CCOCC3)n(-c3ccc(F)cc3)c3cc4cn[nH]c4cc23)cc1. The molecule has 1 saturated heterocycles. The van der Waals surface area contributed by atoms with E-state index in [1.54, 1.807) is 12.1 Å². The number of nitrogens with zero attached hydrogens (tertiary/aromatic N) is 2. The van der Waals surface area contributed by atoms with E-state index in [4.69, 9.17) is 4.74 Å². The molecule has 1 N–H and O–H groups in total. The molecule has 6 heteroatoms. The summed E-state index contributed by atoms with van der Waals surface area (Å²) in [6.07, 6.45) is 3.80. The lowest BCUT2D eigenvalue weighted by atomic mass is 9.90. The fraction of sp³-hybridized carbons (Fsp3) is 0.250. The van der Waals surface area contributed by atoms with Crippen molar-refractivity contribution in [3.8, 4) is 16.8 Å². The van der Waals surface area contributed by atoms with Gasteiger partial charge in [0.25, 0.3) is 0 Å². The number of ether oxygens (including phenoxy) is 1. The van der Waals surface area contributed by atoms with Crippen molar-refractivity contribution in [3.05, 3.63) is 78.4 Å². The highest BCUT2D eigenvalue weighted by atomic mass is 31.1. The van der Waals surface area contributed by atoms with Gasteiger partial charge in [0.05, 0.1) is 17.2 Å². The molecule has 3 aromatic carbocycles. The van der Waals surface area contributed by atoms with Crippen LogP contribution in [0.2, 0.25) is 0 Å². The van der Waals surface area contributed by atoms with Gasteiger partial charge in [0.1, 0.15) is 5.82 Å². The molecule has 3 heterocycles. The third-order valence-corrected chi connectivity index (χ3v) is 8.26. The number of halogens is 1. The van der Waals surface area contributed by atoms with Gasteiger partial charge in [-0.25, -0.2) is 4.39 Å². The molecular weight excluding hydrogens is 444 g/mol. The Morgan fingerprint density at radius 3 is 2.44 bits per heavy atom. The van der Waals surface area contributed by atoms with E-state index in [1.807, 2.05) is 18.3 Å². The first-order valence-corrected chi connectivity index (χ1v) is 14.0. The standard InChI is InChI=1S/C28H27FN3OP/c1-34(2)23-9-3-18(4-10-23)27-24-16-25-20(17-30-31-25)15-26(24)32(22-7-5-21(29)6-8-22)28(27)19-11-13-33-14-12-19/h3-10,15-17,19H,11-14H2,1-2H3,(H,30,31). The van der Waals surface area contributed by atoms with Crippen molar-refractivity contribution < 1.29 is 9.13 Å². The molecule has 0 saturated carbocycles. The van der Waals surface area contributed by atoms with E-state index < -0.39 is 0 Å². The number of aromatic nitrogens is 3. The third kappa shape index (κ3) is 3.64. The van der Waals surface area contributed by atoms with Crippen molar-refractivity contribution in [2.45, 2.75) is 18.8 Å². The molecule has 34 heavy (non-hydrogen) atoms. The van der Waals surface area contributed by atoms with E-state index in [1.165, 1.54) is 27.5 Å². The van der Waals surface area contributed by atoms with Crippen molar-refractivity contribution in [1.29, 1.82) is 0 Å². The predicted molar refractivity (Wildman–Crippen MR) is 140 cm³/mol. The maximum Gasteiger partial charge on any atom is 0.123 e. The third-order valence-electron chi connectivity index (χ3n) is 6.93. The highest BCUT2D eigenvalue weighted by Gasteiger charge is 2.28. The molecule has 0 bridgehead atoms. The first kappa shape index (κ1) is 21.5. The van der Waals surface area contributed by atoms with Gasteiger partial charge in [-0.1, -0.05) is 32.2 Å². The average Bonchev–Trinajstić information content (AvgIpc) is 3.45. The van der Waals surface area contributed by atoms with Crippen LogP contribution in [0.15, 0.2) is 66.9 Å². The van der Waals surface area contributed by atoms with E-state index in [0.717, 1.165) is 48.2 Å². The van der Waals surface area contributed by atoms with Crippen LogP contribution in [0.4, 0.5) is 4.39 Å². The first-order valence-electron chi connectivity index (χ1n) is 11.7. The molecule has 4 nitrogen and oxygen atoms in total. The van der Waals surface area contributed by atoms with Crippen LogP contribution in [-0.4, -0.2) is 41.3 Å². The molecule has 0 spiro atoms. The zero-order chi connectivity index (χ0) is 23.2. The number of fused-ring (bicyclic) bond motifs is 2. The second-order valence-corrected chi connectivity index (χ2v) is 11.5.